The van der Waals surface area contributed by atoms with Crippen LogP contribution in [0.4, 0.5) is 0 Å². The van der Waals surface area contributed by atoms with Crippen molar-refractivity contribution in [1.29, 1.82) is 0 Å². The lowest BCUT2D eigenvalue weighted by atomic mass is 10.0. The van der Waals surface area contributed by atoms with Crippen LogP contribution in [-0.4, -0.2) is 17.3 Å². The molecular formula is C12H19NO. The second-order valence-electron chi connectivity index (χ2n) is 3.95. The lowest BCUT2D eigenvalue weighted by Crippen LogP contribution is -2.31. The highest BCUT2D eigenvalue weighted by molar-refractivity contribution is 5.21. The van der Waals surface area contributed by atoms with E-state index < -0.39 is 6.10 Å². The van der Waals surface area contributed by atoms with Crippen LogP contribution in [-0.2, 0) is 6.42 Å². The highest BCUT2D eigenvalue weighted by Gasteiger charge is 2.08. The average molecular weight is 193 g/mol. The van der Waals surface area contributed by atoms with Gasteiger partial charge >= 0.3 is 0 Å². The number of benzene rings is 1. The van der Waals surface area contributed by atoms with Crippen molar-refractivity contribution in [1.82, 2.24) is 0 Å². The van der Waals surface area contributed by atoms with Crippen LogP contribution in [0.2, 0.25) is 0 Å². The lowest BCUT2D eigenvalue weighted by Gasteiger charge is -2.13. The van der Waals surface area contributed by atoms with Gasteiger partial charge < -0.3 is 10.8 Å². The van der Waals surface area contributed by atoms with Gasteiger partial charge in [-0.2, -0.15) is 0 Å². The van der Waals surface area contributed by atoms with Crippen molar-refractivity contribution < 1.29 is 5.11 Å². The second-order valence-corrected chi connectivity index (χ2v) is 3.95. The lowest BCUT2D eigenvalue weighted by molar-refractivity contribution is 0.141. The molecule has 0 saturated heterocycles. The van der Waals surface area contributed by atoms with Crippen molar-refractivity contribution in [2.24, 2.45) is 5.73 Å². The van der Waals surface area contributed by atoms with E-state index in [1.807, 2.05) is 6.92 Å². The molecule has 0 aliphatic rings. The minimum Gasteiger partial charge on any atom is -0.392 e. The van der Waals surface area contributed by atoms with Crippen molar-refractivity contribution >= 4 is 0 Å². The van der Waals surface area contributed by atoms with E-state index in [9.17, 15) is 5.11 Å². The molecule has 0 fully saturated rings. The monoisotopic (exact) mass is 193 g/mol. The molecule has 0 aliphatic carbocycles. The van der Waals surface area contributed by atoms with Crippen LogP contribution in [0, 0.1) is 6.92 Å². The van der Waals surface area contributed by atoms with Gasteiger partial charge in [0.2, 0.25) is 0 Å². The van der Waals surface area contributed by atoms with E-state index in [2.05, 4.69) is 31.2 Å². The number of rotatable bonds is 4. The maximum atomic E-state index is 9.52. The molecule has 2 unspecified atom stereocenters. The van der Waals surface area contributed by atoms with Gasteiger partial charge in [-0.3, -0.25) is 0 Å². The fourth-order valence-electron chi connectivity index (χ4n) is 1.33. The van der Waals surface area contributed by atoms with Crippen LogP contribution >= 0.6 is 0 Å². The number of aryl methyl sites for hydroxylation is 2. The molecule has 3 N–H and O–H groups in total. The van der Waals surface area contributed by atoms with Gasteiger partial charge in [0.1, 0.15) is 0 Å². The van der Waals surface area contributed by atoms with Crippen LogP contribution in [0.3, 0.4) is 0 Å². The molecule has 2 nitrogen and oxygen atoms in total. The van der Waals surface area contributed by atoms with Crippen molar-refractivity contribution in [3.8, 4) is 0 Å². The Morgan fingerprint density at radius 3 is 2.36 bits per heavy atom. The van der Waals surface area contributed by atoms with Crippen LogP contribution in [0.5, 0.6) is 0 Å². The van der Waals surface area contributed by atoms with Crippen LogP contribution in [0.15, 0.2) is 24.3 Å². The van der Waals surface area contributed by atoms with E-state index in [0.717, 1.165) is 12.8 Å². The maximum absolute atomic E-state index is 9.52. The predicted octanol–water partition coefficient (Wildman–Crippen LogP) is 1.64. The fraction of sp³-hybridized carbons (Fsp3) is 0.500. The minimum atomic E-state index is -0.392. The molecule has 1 rings (SSSR count). The fourth-order valence-corrected chi connectivity index (χ4v) is 1.33. The zero-order valence-electron chi connectivity index (χ0n) is 8.90. The normalized spacial score (nSPS) is 15.1. The quantitative estimate of drug-likeness (QED) is 0.763. The van der Waals surface area contributed by atoms with Gasteiger partial charge in [0.25, 0.3) is 0 Å². The first kappa shape index (κ1) is 11.2. The molecule has 0 radical (unpaired) electrons. The number of hydrogen-bond donors (Lipinski definition) is 2. The molecule has 0 heterocycles. The topological polar surface area (TPSA) is 46.2 Å². The van der Waals surface area contributed by atoms with E-state index in [-0.39, 0.29) is 6.04 Å². The molecular weight excluding hydrogens is 174 g/mol. The summed E-state index contributed by atoms with van der Waals surface area (Å²) in [6.45, 7) is 3.90. The van der Waals surface area contributed by atoms with Gasteiger partial charge in [-0.05, 0) is 32.3 Å². The Hall–Kier alpha value is -0.860. The summed E-state index contributed by atoms with van der Waals surface area (Å²) in [5, 5.41) is 9.52. The molecule has 0 saturated carbocycles. The Bertz CT molecular complexity index is 266. The standard InChI is InChI=1S/C12H19NO/c1-9-3-5-11(6-4-9)7-8-12(14)10(2)13/h3-6,10,12,14H,7-8,13H2,1-2H3. The smallest absolute Gasteiger partial charge is 0.0691 e. The van der Waals surface area contributed by atoms with Gasteiger partial charge in [0, 0.05) is 6.04 Å². The highest BCUT2D eigenvalue weighted by Crippen LogP contribution is 2.08. The molecule has 2 atom stereocenters. The van der Waals surface area contributed by atoms with E-state index >= 15 is 0 Å². The van der Waals surface area contributed by atoms with E-state index in [4.69, 9.17) is 5.73 Å². The highest BCUT2D eigenvalue weighted by atomic mass is 16.3. The molecule has 0 amide bonds. The van der Waals surface area contributed by atoms with Crippen LogP contribution in [0.25, 0.3) is 0 Å². The SMILES string of the molecule is Cc1ccc(CCC(O)C(C)N)cc1. The van der Waals surface area contributed by atoms with Gasteiger partial charge in [-0.1, -0.05) is 29.8 Å². The zero-order chi connectivity index (χ0) is 10.6. The van der Waals surface area contributed by atoms with Crippen molar-refractivity contribution in [2.75, 3.05) is 0 Å². The first-order valence-electron chi connectivity index (χ1n) is 5.09. The molecule has 0 aliphatic heterocycles. The van der Waals surface area contributed by atoms with Crippen molar-refractivity contribution in [3.63, 3.8) is 0 Å². The largest absolute Gasteiger partial charge is 0.392 e. The second kappa shape index (κ2) is 5.13. The number of aliphatic hydroxyl groups is 1. The van der Waals surface area contributed by atoms with Gasteiger partial charge in [-0.15, -0.1) is 0 Å². The summed E-state index contributed by atoms with van der Waals surface area (Å²) in [7, 11) is 0. The third kappa shape index (κ3) is 3.48. The maximum Gasteiger partial charge on any atom is 0.0691 e. The van der Waals surface area contributed by atoms with Crippen molar-refractivity contribution in [2.45, 2.75) is 38.8 Å². The molecule has 1 aromatic rings. The first-order valence-corrected chi connectivity index (χ1v) is 5.09. The van der Waals surface area contributed by atoms with Gasteiger partial charge in [0.05, 0.1) is 6.10 Å². The Morgan fingerprint density at radius 1 is 1.29 bits per heavy atom. The summed E-state index contributed by atoms with van der Waals surface area (Å²) < 4.78 is 0. The van der Waals surface area contributed by atoms with Gasteiger partial charge in [-0.25, -0.2) is 0 Å². The van der Waals surface area contributed by atoms with Crippen LogP contribution in [0.1, 0.15) is 24.5 Å². The first-order chi connectivity index (χ1) is 6.59. The van der Waals surface area contributed by atoms with E-state index in [0.29, 0.717) is 0 Å². The molecule has 0 aromatic heterocycles. The molecule has 14 heavy (non-hydrogen) atoms. The number of aliphatic hydroxyl groups excluding tert-OH is 1. The molecule has 78 valence electrons. The number of nitrogens with two attached hydrogens (primary N) is 1. The zero-order valence-corrected chi connectivity index (χ0v) is 8.90. The molecule has 1 aromatic carbocycles. The molecule has 2 heteroatoms. The Balaban J connectivity index is 2.42. The van der Waals surface area contributed by atoms with Crippen LogP contribution < -0.4 is 5.73 Å². The average Bonchev–Trinajstić information content (AvgIpc) is 2.16. The van der Waals surface area contributed by atoms with Crippen molar-refractivity contribution in [3.05, 3.63) is 35.4 Å². The van der Waals surface area contributed by atoms with Gasteiger partial charge in [0.15, 0.2) is 0 Å². The predicted molar refractivity (Wildman–Crippen MR) is 59.2 cm³/mol. The Morgan fingerprint density at radius 2 is 1.86 bits per heavy atom. The summed E-state index contributed by atoms with van der Waals surface area (Å²) in [4.78, 5) is 0. The number of hydrogen-bond acceptors (Lipinski definition) is 2. The Kier molecular flexibility index (Phi) is 4.11. The summed E-state index contributed by atoms with van der Waals surface area (Å²) in [5.74, 6) is 0. The summed E-state index contributed by atoms with van der Waals surface area (Å²) in [5.41, 5.74) is 8.10. The summed E-state index contributed by atoms with van der Waals surface area (Å²) in [6, 6.07) is 8.24. The van der Waals surface area contributed by atoms with E-state index in [1.54, 1.807) is 0 Å². The third-order valence-corrected chi connectivity index (χ3v) is 2.46. The third-order valence-electron chi connectivity index (χ3n) is 2.46. The summed E-state index contributed by atoms with van der Waals surface area (Å²) >= 11 is 0. The Labute approximate surface area is 85.8 Å². The van der Waals surface area contributed by atoms with E-state index in [1.165, 1.54) is 11.1 Å². The molecule has 0 spiro atoms. The minimum absolute atomic E-state index is 0.138. The summed E-state index contributed by atoms with van der Waals surface area (Å²) in [6.07, 6.45) is 1.24. The molecule has 0 bridgehead atoms.